The fourth-order valence-electron chi connectivity index (χ4n) is 3.69. The molecule has 0 spiro atoms. The Hall–Kier alpha value is -2.03. The molecular weight excluding hydrogens is 382 g/mol. The Balaban J connectivity index is 2.09. The molecule has 0 saturated heterocycles. The molecule has 0 radical (unpaired) electrons. The van der Waals surface area contributed by atoms with Gasteiger partial charge >= 0.3 is 5.97 Å². The Kier molecular flexibility index (Phi) is 16.3. The van der Waals surface area contributed by atoms with Crippen LogP contribution in [0.15, 0.2) is 42.5 Å². The lowest BCUT2D eigenvalue weighted by Gasteiger charge is -2.10. The van der Waals surface area contributed by atoms with Crippen molar-refractivity contribution in [3.05, 3.63) is 48.1 Å². The lowest BCUT2D eigenvalue weighted by Crippen LogP contribution is -2.03. The van der Waals surface area contributed by atoms with Crippen molar-refractivity contribution in [2.24, 2.45) is 0 Å². The third kappa shape index (κ3) is 14.6. The lowest BCUT2D eigenvalue weighted by molar-refractivity contribution is -0.137. The summed E-state index contributed by atoms with van der Waals surface area (Å²) >= 11 is 0. The molecule has 0 aromatic heterocycles. The average Bonchev–Trinajstić information content (AvgIpc) is 2.77. The van der Waals surface area contributed by atoms with E-state index in [1.54, 1.807) is 0 Å². The molecule has 1 N–H and O–H groups in total. The van der Waals surface area contributed by atoms with Crippen molar-refractivity contribution in [1.82, 2.24) is 0 Å². The topological polar surface area (TPSA) is 38.3 Å². The van der Waals surface area contributed by atoms with Crippen molar-refractivity contribution in [3.8, 4) is 0 Å². The molecule has 0 heterocycles. The van der Waals surface area contributed by atoms with Gasteiger partial charge in [0.2, 0.25) is 0 Å². The molecule has 0 bridgehead atoms. The third-order valence-electron chi connectivity index (χ3n) is 5.55. The van der Waals surface area contributed by atoms with E-state index in [0.717, 1.165) is 30.6 Å². The second kappa shape index (κ2) is 18.7. The molecule has 0 aliphatic carbocycles. The number of hydrogen-bond donors (Lipinski definition) is 1. The average molecular weight is 428 g/mol. The van der Waals surface area contributed by atoms with Gasteiger partial charge in [0.25, 0.3) is 0 Å². The van der Waals surface area contributed by atoms with Gasteiger partial charge in [0.15, 0.2) is 0 Å². The first-order valence-corrected chi connectivity index (χ1v) is 12.5. The molecule has 0 atom stereocenters. The number of unbranched alkanes of at least 4 members (excludes halogenated alkanes) is 9. The minimum Gasteiger partial charge on any atom is -0.463 e. The highest BCUT2D eigenvalue weighted by molar-refractivity contribution is 5.88. The molecule has 0 aliphatic heterocycles. The zero-order chi connectivity index (χ0) is 22.6. The summed E-state index contributed by atoms with van der Waals surface area (Å²) in [5.74, 6) is -0.301. The number of anilines is 1. The van der Waals surface area contributed by atoms with Gasteiger partial charge in [0.1, 0.15) is 0 Å². The number of hydrogen-bond acceptors (Lipinski definition) is 3. The number of carbonyl (C=O) groups excluding carboxylic acids is 1. The number of benzene rings is 1. The van der Waals surface area contributed by atoms with E-state index in [2.05, 4.69) is 24.9 Å². The van der Waals surface area contributed by atoms with E-state index in [4.69, 9.17) is 4.74 Å². The standard InChI is InChI=1S/C28H45NO2/c1-4-6-7-8-9-10-11-13-18-25(3)19-14-12-17-24-29-27-21-16-15-20-26(27)22-23-28(30)31-5-2/h15-16,20-23,29H,3-14,17-19,24H2,1-2H3. The molecule has 31 heavy (non-hydrogen) atoms. The first kappa shape index (κ1) is 27.0. The second-order valence-electron chi connectivity index (χ2n) is 8.38. The Morgan fingerprint density at radius 1 is 0.903 bits per heavy atom. The van der Waals surface area contributed by atoms with Gasteiger partial charge in [-0.15, -0.1) is 0 Å². The van der Waals surface area contributed by atoms with Crippen LogP contribution in [0.5, 0.6) is 0 Å². The highest BCUT2D eigenvalue weighted by Gasteiger charge is 2.01. The fourth-order valence-corrected chi connectivity index (χ4v) is 3.69. The molecule has 0 amide bonds. The lowest BCUT2D eigenvalue weighted by atomic mass is 10.0. The van der Waals surface area contributed by atoms with Crippen LogP contribution in [0.25, 0.3) is 6.08 Å². The van der Waals surface area contributed by atoms with E-state index >= 15 is 0 Å². The normalized spacial score (nSPS) is 11.0. The number of carbonyl (C=O) groups is 1. The molecule has 0 fully saturated rings. The summed E-state index contributed by atoms with van der Waals surface area (Å²) in [6, 6.07) is 8.05. The maximum atomic E-state index is 11.5. The largest absolute Gasteiger partial charge is 0.463 e. The predicted molar refractivity (Wildman–Crippen MR) is 135 cm³/mol. The summed E-state index contributed by atoms with van der Waals surface area (Å²) < 4.78 is 4.95. The molecule has 3 nitrogen and oxygen atoms in total. The van der Waals surface area contributed by atoms with Crippen molar-refractivity contribution < 1.29 is 9.53 Å². The van der Waals surface area contributed by atoms with Crippen molar-refractivity contribution >= 4 is 17.7 Å². The van der Waals surface area contributed by atoms with E-state index in [9.17, 15) is 4.79 Å². The predicted octanol–water partition coefficient (Wildman–Crippen LogP) is 8.32. The SMILES string of the molecule is C=C(CCCCCCCCCC)CCCCCNc1ccccc1C=CC(=O)OCC. The van der Waals surface area contributed by atoms with Crippen LogP contribution >= 0.6 is 0 Å². The van der Waals surface area contributed by atoms with Crippen LogP contribution in [0.3, 0.4) is 0 Å². The molecule has 1 aromatic rings. The highest BCUT2D eigenvalue weighted by atomic mass is 16.5. The van der Waals surface area contributed by atoms with Gasteiger partial charge in [-0.2, -0.15) is 0 Å². The van der Waals surface area contributed by atoms with Gasteiger partial charge in [0, 0.05) is 18.3 Å². The fraction of sp³-hybridized carbons (Fsp3) is 0.607. The molecule has 1 aromatic carbocycles. The minimum absolute atomic E-state index is 0.301. The van der Waals surface area contributed by atoms with E-state index in [1.807, 2.05) is 31.2 Å². The zero-order valence-corrected chi connectivity index (χ0v) is 20.1. The van der Waals surface area contributed by atoms with Crippen LogP contribution in [0.2, 0.25) is 0 Å². The third-order valence-corrected chi connectivity index (χ3v) is 5.55. The molecule has 0 aliphatic rings. The van der Waals surface area contributed by atoms with Gasteiger partial charge in [-0.25, -0.2) is 4.79 Å². The van der Waals surface area contributed by atoms with Gasteiger partial charge in [0.05, 0.1) is 6.61 Å². The van der Waals surface area contributed by atoms with Crippen molar-refractivity contribution in [3.63, 3.8) is 0 Å². The number of rotatable bonds is 19. The van der Waals surface area contributed by atoms with E-state index < -0.39 is 0 Å². The van der Waals surface area contributed by atoms with E-state index in [1.165, 1.54) is 82.3 Å². The van der Waals surface area contributed by atoms with Crippen molar-refractivity contribution in [1.29, 1.82) is 0 Å². The van der Waals surface area contributed by atoms with Crippen LogP contribution in [0, 0.1) is 0 Å². The molecule has 174 valence electrons. The van der Waals surface area contributed by atoms with Gasteiger partial charge in [-0.3, -0.25) is 0 Å². The number of ether oxygens (including phenoxy) is 1. The smallest absolute Gasteiger partial charge is 0.330 e. The Bertz CT molecular complexity index is 636. The zero-order valence-electron chi connectivity index (χ0n) is 20.1. The number of para-hydroxylation sites is 1. The Labute approximate surface area is 191 Å². The second-order valence-corrected chi connectivity index (χ2v) is 8.38. The van der Waals surface area contributed by atoms with Crippen LogP contribution in [0.1, 0.15) is 103 Å². The molecule has 0 saturated carbocycles. The molecule has 3 heteroatoms. The van der Waals surface area contributed by atoms with E-state index in [0.29, 0.717) is 6.61 Å². The summed E-state index contributed by atoms with van der Waals surface area (Å²) in [6.07, 6.45) is 20.3. The maximum absolute atomic E-state index is 11.5. The van der Waals surface area contributed by atoms with Crippen LogP contribution in [-0.4, -0.2) is 19.1 Å². The van der Waals surface area contributed by atoms with Crippen molar-refractivity contribution in [2.75, 3.05) is 18.5 Å². The Morgan fingerprint density at radius 3 is 2.19 bits per heavy atom. The number of nitrogens with one attached hydrogen (secondary N) is 1. The van der Waals surface area contributed by atoms with E-state index in [-0.39, 0.29) is 5.97 Å². The van der Waals surface area contributed by atoms with Gasteiger partial charge in [-0.05, 0) is 56.7 Å². The summed E-state index contributed by atoms with van der Waals surface area (Å²) in [5, 5.41) is 3.50. The highest BCUT2D eigenvalue weighted by Crippen LogP contribution is 2.18. The first-order valence-electron chi connectivity index (χ1n) is 12.5. The number of esters is 1. The summed E-state index contributed by atoms with van der Waals surface area (Å²) in [7, 11) is 0. The summed E-state index contributed by atoms with van der Waals surface area (Å²) in [5.41, 5.74) is 3.49. The molecule has 0 unspecified atom stereocenters. The van der Waals surface area contributed by atoms with Crippen LogP contribution in [-0.2, 0) is 9.53 Å². The summed E-state index contributed by atoms with van der Waals surface area (Å²) in [4.78, 5) is 11.5. The summed E-state index contributed by atoms with van der Waals surface area (Å²) in [6.45, 7) is 9.70. The molecule has 1 rings (SSSR count). The monoisotopic (exact) mass is 427 g/mol. The van der Waals surface area contributed by atoms with Crippen molar-refractivity contribution in [2.45, 2.75) is 97.3 Å². The molecular formula is C28H45NO2. The quantitative estimate of drug-likeness (QED) is 0.104. The number of allylic oxidation sites excluding steroid dienone is 1. The van der Waals surface area contributed by atoms with Gasteiger partial charge in [-0.1, -0.05) is 88.6 Å². The van der Waals surface area contributed by atoms with Gasteiger partial charge < -0.3 is 10.1 Å². The minimum atomic E-state index is -0.301. The maximum Gasteiger partial charge on any atom is 0.330 e. The van der Waals surface area contributed by atoms with Crippen LogP contribution in [0.4, 0.5) is 5.69 Å². The van der Waals surface area contributed by atoms with Crippen LogP contribution < -0.4 is 5.32 Å². The first-order chi connectivity index (χ1) is 15.2. The Morgan fingerprint density at radius 2 is 1.52 bits per heavy atom.